The molecular formula is C26H25NO3S. The summed E-state index contributed by atoms with van der Waals surface area (Å²) < 4.78 is 29.0. The molecule has 0 bridgehead atoms. The smallest absolute Gasteiger partial charge is 0.268 e. The van der Waals surface area contributed by atoms with Gasteiger partial charge in [0.2, 0.25) is 0 Å². The van der Waals surface area contributed by atoms with Crippen LogP contribution in [0.2, 0.25) is 0 Å². The zero-order valence-electron chi connectivity index (χ0n) is 17.8. The first-order valence-electron chi connectivity index (χ1n) is 10.1. The lowest BCUT2D eigenvalue weighted by molar-refractivity contribution is 0.134. The zero-order valence-corrected chi connectivity index (χ0v) is 18.6. The molecule has 0 aliphatic rings. The first kappa shape index (κ1) is 21.1. The molecule has 0 fully saturated rings. The molecule has 158 valence electrons. The van der Waals surface area contributed by atoms with Gasteiger partial charge in [-0.15, -0.1) is 0 Å². The van der Waals surface area contributed by atoms with Crippen molar-refractivity contribution >= 4 is 27.0 Å². The number of para-hydroxylation sites is 1. The number of aliphatic hydroxyl groups is 1. The van der Waals surface area contributed by atoms with Crippen molar-refractivity contribution in [3.05, 3.63) is 96.2 Å². The van der Waals surface area contributed by atoms with E-state index in [0.717, 1.165) is 22.1 Å². The number of nitrogens with zero attached hydrogens (tertiary/aromatic N) is 1. The van der Waals surface area contributed by atoms with Gasteiger partial charge >= 0.3 is 0 Å². The van der Waals surface area contributed by atoms with E-state index in [1.54, 1.807) is 50.3 Å². The van der Waals surface area contributed by atoms with Crippen LogP contribution in [0.1, 0.15) is 25.1 Å². The van der Waals surface area contributed by atoms with Crippen molar-refractivity contribution in [1.82, 2.24) is 3.97 Å². The van der Waals surface area contributed by atoms with Crippen LogP contribution in [0.5, 0.6) is 0 Å². The predicted molar refractivity (Wildman–Crippen MR) is 126 cm³/mol. The lowest BCUT2D eigenvalue weighted by Crippen LogP contribution is -2.16. The van der Waals surface area contributed by atoms with Gasteiger partial charge in [-0.3, -0.25) is 0 Å². The number of aromatic nitrogens is 1. The van der Waals surface area contributed by atoms with Crippen LogP contribution in [-0.2, 0) is 10.0 Å². The second-order valence-corrected chi connectivity index (χ2v) is 10.00. The van der Waals surface area contributed by atoms with Gasteiger partial charge in [0.1, 0.15) is 0 Å². The van der Waals surface area contributed by atoms with Crippen molar-refractivity contribution in [3.8, 4) is 11.1 Å². The zero-order chi connectivity index (χ0) is 22.2. The minimum Gasteiger partial charge on any atom is -0.386 e. The standard InChI is InChI=1S/C26H25NO3S/c1-19-13-15-21(16-14-19)31(29,30)27-23-12-8-7-11-22(23)25(20-9-5-4-6-10-20)24(27)17-18-26(2,3)28/h4-18,28H,1-3H3/b18-17+. The van der Waals surface area contributed by atoms with Gasteiger partial charge in [0.05, 0.1) is 21.7 Å². The van der Waals surface area contributed by atoms with Crippen LogP contribution < -0.4 is 0 Å². The number of fused-ring (bicyclic) bond motifs is 1. The van der Waals surface area contributed by atoms with E-state index in [0.29, 0.717) is 11.2 Å². The Morgan fingerprint density at radius 3 is 2.13 bits per heavy atom. The topological polar surface area (TPSA) is 59.3 Å². The molecule has 0 spiro atoms. The minimum absolute atomic E-state index is 0.219. The van der Waals surface area contributed by atoms with E-state index in [-0.39, 0.29) is 4.90 Å². The van der Waals surface area contributed by atoms with Crippen LogP contribution in [0.25, 0.3) is 28.1 Å². The quantitative estimate of drug-likeness (QED) is 0.445. The summed E-state index contributed by atoms with van der Waals surface area (Å²) in [6.45, 7) is 5.24. The lowest BCUT2D eigenvalue weighted by Gasteiger charge is -2.14. The third-order valence-corrected chi connectivity index (χ3v) is 6.88. The van der Waals surface area contributed by atoms with E-state index in [1.165, 1.54) is 3.97 Å². The molecule has 0 aliphatic carbocycles. The van der Waals surface area contributed by atoms with Crippen LogP contribution in [0, 0.1) is 6.92 Å². The van der Waals surface area contributed by atoms with Gasteiger partial charge in [0, 0.05) is 10.9 Å². The van der Waals surface area contributed by atoms with Crippen molar-refractivity contribution in [3.63, 3.8) is 0 Å². The third-order valence-electron chi connectivity index (χ3n) is 5.14. The van der Waals surface area contributed by atoms with Crippen LogP contribution in [0.15, 0.2) is 89.8 Å². The van der Waals surface area contributed by atoms with E-state index >= 15 is 0 Å². The van der Waals surface area contributed by atoms with E-state index in [4.69, 9.17) is 0 Å². The molecule has 0 radical (unpaired) electrons. The first-order valence-corrected chi connectivity index (χ1v) is 11.6. The molecule has 5 heteroatoms. The van der Waals surface area contributed by atoms with Gasteiger partial charge in [-0.1, -0.05) is 72.3 Å². The second-order valence-electron chi connectivity index (χ2n) is 8.21. The van der Waals surface area contributed by atoms with Crippen molar-refractivity contribution in [1.29, 1.82) is 0 Å². The molecule has 0 saturated heterocycles. The predicted octanol–water partition coefficient (Wildman–Crippen LogP) is 5.64. The van der Waals surface area contributed by atoms with Gasteiger partial charge in [-0.2, -0.15) is 0 Å². The number of aryl methyl sites for hydroxylation is 1. The fourth-order valence-electron chi connectivity index (χ4n) is 3.65. The van der Waals surface area contributed by atoms with Crippen molar-refractivity contribution in [2.24, 2.45) is 0 Å². The Morgan fingerprint density at radius 1 is 0.871 bits per heavy atom. The highest BCUT2D eigenvalue weighted by Gasteiger charge is 2.26. The van der Waals surface area contributed by atoms with Gasteiger partial charge in [-0.05, 0) is 50.6 Å². The normalized spacial score (nSPS) is 12.6. The largest absolute Gasteiger partial charge is 0.386 e. The first-order chi connectivity index (χ1) is 14.7. The molecule has 0 aliphatic heterocycles. The lowest BCUT2D eigenvalue weighted by atomic mass is 10.0. The van der Waals surface area contributed by atoms with Gasteiger partial charge in [0.15, 0.2) is 0 Å². The highest BCUT2D eigenvalue weighted by Crippen LogP contribution is 2.38. The molecule has 0 amide bonds. The summed E-state index contributed by atoms with van der Waals surface area (Å²) in [7, 11) is -3.88. The summed E-state index contributed by atoms with van der Waals surface area (Å²) in [5.41, 5.74) is 2.72. The molecular weight excluding hydrogens is 406 g/mol. The fourth-order valence-corrected chi connectivity index (χ4v) is 5.17. The number of hydrogen-bond acceptors (Lipinski definition) is 3. The van der Waals surface area contributed by atoms with E-state index in [1.807, 2.05) is 61.5 Å². The molecule has 3 aromatic carbocycles. The van der Waals surface area contributed by atoms with Crippen molar-refractivity contribution in [2.45, 2.75) is 31.3 Å². The molecule has 1 aromatic heterocycles. The minimum atomic E-state index is -3.88. The number of rotatable bonds is 5. The van der Waals surface area contributed by atoms with Gasteiger partial charge < -0.3 is 5.11 Å². The summed E-state index contributed by atoms with van der Waals surface area (Å²) in [6.07, 6.45) is 3.32. The molecule has 1 heterocycles. The maximum absolute atomic E-state index is 13.8. The van der Waals surface area contributed by atoms with Gasteiger partial charge in [-0.25, -0.2) is 12.4 Å². The van der Waals surface area contributed by atoms with E-state index < -0.39 is 15.6 Å². The maximum Gasteiger partial charge on any atom is 0.268 e. The molecule has 0 atom stereocenters. The average molecular weight is 432 g/mol. The Hall–Kier alpha value is -3.15. The molecule has 0 saturated carbocycles. The van der Waals surface area contributed by atoms with E-state index in [9.17, 15) is 13.5 Å². The second kappa shape index (κ2) is 7.84. The summed E-state index contributed by atoms with van der Waals surface area (Å²) in [6, 6.07) is 24.1. The van der Waals surface area contributed by atoms with Gasteiger partial charge in [0.25, 0.3) is 10.0 Å². The Morgan fingerprint density at radius 2 is 1.48 bits per heavy atom. The molecule has 4 nitrogen and oxygen atoms in total. The SMILES string of the molecule is Cc1ccc(S(=O)(=O)n2c(/C=C/C(C)(C)O)c(-c3ccccc3)c3ccccc32)cc1. The Bertz CT molecular complexity index is 1360. The summed E-state index contributed by atoms with van der Waals surface area (Å²) in [4.78, 5) is 0.219. The van der Waals surface area contributed by atoms with Crippen molar-refractivity contribution in [2.75, 3.05) is 0 Å². The molecule has 1 N–H and O–H groups in total. The van der Waals surface area contributed by atoms with Crippen LogP contribution in [0.3, 0.4) is 0 Å². The van der Waals surface area contributed by atoms with Crippen LogP contribution >= 0.6 is 0 Å². The van der Waals surface area contributed by atoms with Crippen molar-refractivity contribution < 1.29 is 13.5 Å². The maximum atomic E-state index is 13.8. The highest BCUT2D eigenvalue weighted by atomic mass is 32.2. The molecule has 4 aromatic rings. The number of hydrogen-bond donors (Lipinski definition) is 1. The summed E-state index contributed by atoms with van der Waals surface area (Å²) in [5, 5.41) is 11.1. The Kier molecular flexibility index (Phi) is 5.33. The molecule has 0 unspecified atom stereocenters. The Balaban J connectivity index is 2.12. The summed E-state index contributed by atoms with van der Waals surface area (Å²) in [5.74, 6) is 0. The van der Waals surface area contributed by atoms with Crippen LogP contribution in [0.4, 0.5) is 0 Å². The summed E-state index contributed by atoms with van der Waals surface area (Å²) >= 11 is 0. The third kappa shape index (κ3) is 4.07. The monoisotopic (exact) mass is 431 g/mol. The van der Waals surface area contributed by atoms with Crippen LogP contribution in [-0.4, -0.2) is 23.1 Å². The molecule has 31 heavy (non-hydrogen) atoms. The fraction of sp³-hybridized carbons (Fsp3) is 0.154. The highest BCUT2D eigenvalue weighted by molar-refractivity contribution is 7.90. The Labute approximate surface area is 183 Å². The molecule has 4 rings (SSSR count). The average Bonchev–Trinajstić information content (AvgIpc) is 3.07. The van der Waals surface area contributed by atoms with E-state index in [2.05, 4.69) is 0 Å². The number of benzene rings is 3.